The van der Waals surface area contributed by atoms with E-state index < -0.39 is 0 Å². The van der Waals surface area contributed by atoms with Gasteiger partial charge in [0.05, 0.1) is 5.52 Å². The predicted molar refractivity (Wildman–Crippen MR) is 77.8 cm³/mol. The van der Waals surface area contributed by atoms with E-state index in [0.717, 1.165) is 41.8 Å². The van der Waals surface area contributed by atoms with Crippen molar-refractivity contribution in [1.82, 2.24) is 9.88 Å². The van der Waals surface area contributed by atoms with Gasteiger partial charge in [-0.05, 0) is 51.3 Å². The molecule has 1 heterocycles. The molecule has 0 amide bonds. The minimum Gasteiger partial charge on any atom is -0.399 e. The van der Waals surface area contributed by atoms with Crippen LogP contribution >= 0.6 is 0 Å². The quantitative estimate of drug-likeness (QED) is 0.625. The van der Waals surface area contributed by atoms with Crippen molar-refractivity contribution in [3.8, 4) is 0 Å². The molecule has 4 heteroatoms. The molecule has 0 saturated carbocycles. The average Bonchev–Trinajstić information content (AvgIpc) is 2.34. The summed E-state index contributed by atoms with van der Waals surface area (Å²) in [7, 11) is 4.18. The lowest BCUT2D eigenvalue weighted by Crippen LogP contribution is -2.16. The van der Waals surface area contributed by atoms with Crippen LogP contribution in [0.4, 0.5) is 11.4 Å². The monoisotopic (exact) mass is 244 g/mol. The number of nitrogen functional groups attached to an aromatic ring is 1. The second kappa shape index (κ2) is 5.69. The summed E-state index contributed by atoms with van der Waals surface area (Å²) in [5.41, 5.74) is 8.57. The smallest absolute Gasteiger partial charge is 0.0743 e. The molecule has 2 rings (SSSR count). The first kappa shape index (κ1) is 12.6. The van der Waals surface area contributed by atoms with E-state index >= 15 is 0 Å². The molecule has 0 aliphatic carbocycles. The van der Waals surface area contributed by atoms with Crippen LogP contribution in [0.2, 0.25) is 0 Å². The second-order valence-electron chi connectivity index (χ2n) is 4.72. The summed E-state index contributed by atoms with van der Waals surface area (Å²) in [5, 5.41) is 4.58. The van der Waals surface area contributed by atoms with Gasteiger partial charge in [0.2, 0.25) is 0 Å². The third-order valence-electron chi connectivity index (χ3n) is 2.86. The van der Waals surface area contributed by atoms with Crippen molar-refractivity contribution in [2.75, 3.05) is 38.2 Å². The molecule has 0 spiro atoms. The summed E-state index contributed by atoms with van der Waals surface area (Å²) in [4.78, 5) is 6.52. The van der Waals surface area contributed by atoms with E-state index in [1.165, 1.54) is 0 Å². The number of benzene rings is 1. The minimum atomic E-state index is 0.750. The van der Waals surface area contributed by atoms with Crippen LogP contribution in [0.1, 0.15) is 6.42 Å². The van der Waals surface area contributed by atoms with Crippen molar-refractivity contribution >= 4 is 22.3 Å². The molecule has 0 unspecified atom stereocenters. The van der Waals surface area contributed by atoms with E-state index in [-0.39, 0.29) is 0 Å². The maximum Gasteiger partial charge on any atom is 0.0743 e. The number of nitrogens with two attached hydrogens (primary N) is 1. The van der Waals surface area contributed by atoms with Crippen molar-refractivity contribution < 1.29 is 0 Å². The van der Waals surface area contributed by atoms with Gasteiger partial charge in [-0.3, -0.25) is 4.98 Å². The molecule has 0 saturated heterocycles. The largest absolute Gasteiger partial charge is 0.399 e. The highest BCUT2D eigenvalue weighted by Gasteiger charge is 2.01. The Morgan fingerprint density at radius 3 is 2.89 bits per heavy atom. The van der Waals surface area contributed by atoms with Gasteiger partial charge >= 0.3 is 0 Å². The fourth-order valence-corrected chi connectivity index (χ4v) is 1.94. The molecule has 1 aromatic heterocycles. The van der Waals surface area contributed by atoms with Gasteiger partial charge in [-0.15, -0.1) is 0 Å². The third-order valence-corrected chi connectivity index (χ3v) is 2.86. The van der Waals surface area contributed by atoms with Crippen LogP contribution in [0, 0.1) is 0 Å². The lowest BCUT2D eigenvalue weighted by atomic mass is 10.1. The molecule has 0 aliphatic heterocycles. The molecule has 0 radical (unpaired) electrons. The molecule has 0 fully saturated rings. The number of nitrogens with one attached hydrogen (secondary N) is 1. The summed E-state index contributed by atoms with van der Waals surface area (Å²) in [6, 6.07) is 7.84. The Balaban J connectivity index is 2.08. The van der Waals surface area contributed by atoms with Crippen molar-refractivity contribution in [3.05, 3.63) is 30.5 Å². The van der Waals surface area contributed by atoms with Crippen molar-refractivity contribution in [2.45, 2.75) is 6.42 Å². The molecular formula is C14H20N4. The number of rotatable bonds is 5. The first-order valence-corrected chi connectivity index (χ1v) is 6.19. The van der Waals surface area contributed by atoms with Gasteiger partial charge in [0.25, 0.3) is 0 Å². The van der Waals surface area contributed by atoms with E-state index in [1.54, 1.807) is 0 Å². The predicted octanol–water partition coefficient (Wildman–Crippen LogP) is 2.18. The summed E-state index contributed by atoms with van der Waals surface area (Å²) >= 11 is 0. The third kappa shape index (κ3) is 3.11. The molecule has 3 N–H and O–H groups in total. The lowest BCUT2D eigenvalue weighted by molar-refractivity contribution is 0.405. The van der Waals surface area contributed by atoms with Gasteiger partial charge in [-0.1, -0.05) is 0 Å². The van der Waals surface area contributed by atoms with Gasteiger partial charge in [0.1, 0.15) is 0 Å². The Morgan fingerprint density at radius 2 is 2.11 bits per heavy atom. The summed E-state index contributed by atoms with van der Waals surface area (Å²) < 4.78 is 0. The molecule has 4 nitrogen and oxygen atoms in total. The van der Waals surface area contributed by atoms with Gasteiger partial charge in [0, 0.05) is 29.5 Å². The fourth-order valence-electron chi connectivity index (χ4n) is 1.94. The van der Waals surface area contributed by atoms with Crippen LogP contribution < -0.4 is 11.1 Å². The van der Waals surface area contributed by atoms with Crippen molar-refractivity contribution in [3.63, 3.8) is 0 Å². The Bertz CT molecular complexity index is 522. The zero-order valence-electron chi connectivity index (χ0n) is 11.0. The first-order valence-electron chi connectivity index (χ1n) is 6.19. The topological polar surface area (TPSA) is 54.2 Å². The van der Waals surface area contributed by atoms with Gasteiger partial charge in [0.15, 0.2) is 0 Å². The number of pyridine rings is 1. The van der Waals surface area contributed by atoms with Crippen LogP contribution in [0.15, 0.2) is 30.5 Å². The maximum atomic E-state index is 5.76. The number of fused-ring (bicyclic) bond motifs is 1. The van der Waals surface area contributed by atoms with E-state index in [0.29, 0.717) is 0 Å². The van der Waals surface area contributed by atoms with Crippen LogP contribution in [0.3, 0.4) is 0 Å². The van der Waals surface area contributed by atoms with E-state index in [4.69, 9.17) is 5.73 Å². The van der Waals surface area contributed by atoms with Crippen molar-refractivity contribution in [2.24, 2.45) is 0 Å². The maximum absolute atomic E-state index is 5.76. The standard InChI is InChI=1S/C14H20N4/c1-18(2)9-3-7-16-13-6-8-17-14-10-11(15)4-5-12(13)14/h4-6,8,10H,3,7,9,15H2,1-2H3,(H,16,17). The highest BCUT2D eigenvalue weighted by molar-refractivity contribution is 5.92. The highest BCUT2D eigenvalue weighted by atomic mass is 15.1. The minimum absolute atomic E-state index is 0.750. The highest BCUT2D eigenvalue weighted by Crippen LogP contribution is 2.23. The number of anilines is 2. The Hall–Kier alpha value is -1.81. The van der Waals surface area contributed by atoms with E-state index in [2.05, 4.69) is 29.3 Å². The van der Waals surface area contributed by atoms with Gasteiger partial charge in [-0.25, -0.2) is 0 Å². The lowest BCUT2D eigenvalue weighted by Gasteiger charge is -2.12. The van der Waals surface area contributed by atoms with Gasteiger partial charge < -0.3 is 16.0 Å². The molecule has 2 aromatic rings. The summed E-state index contributed by atoms with van der Waals surface area (Å²) in [6.45, 7) is 2.05. The van der Waals surface area contributed by atoms with Crippen LogP contribution in [0.5, 0.6) is 0 Å². The van der Waals surface area contributed by atoms with Gasteiger partial charge in [-0.2, -0.15) is 0 Å². The first-order chi connectivity index (χ1) is 8.66. The van der Waals surface area contributed by atoms with E-state index in [9.17, 15) is 0 Å². The van der Waals surface area contributed by atoms with E-state index in [1.807, 2.05) is 30.5 Å². The summed E-state index contributed by atoms with van der Waals surface area (Å²) in [5.74, 6) is 0. The fraction of sp³-hybridized carbons (Fsp3) is 0.357. The van der Waals surface area contributed by atoms with Crippen LogP contribution in [0.25, 0.3) is 10.9 Å². The molecule has 0 atom stereocenters. The second-order valence-corrected chi connectivity index (χ2v) is 4.72. The molecule has 0 aliphatic rings. The van der Waals surface area contributed by atoms with Crippen LogP contribution in [-0.4, -0.2) is 37.1 Å². The number of hydrogen-bond acceptors (Lipinski definition) is 4. The van der Waals surface area contributed by atoms with Crippen molar-refractivity contribution in [1.29, 1.82) is 0 Å². The molecule has 0 bridgehead atoms. The average molecular weight is 244 g/mol. The zero-order valence-corrected chi connectivity index (χ0v) is 11.0. The Kier molecular flexibility index (Phi) is 3.99. The Labute approximate surface area is 108 Å². The zero-order chi connectivity index (χ0) is 13.0. The normalized spacial score (nSPS) is 11.1. The number of aromatic nitrogens is 1. The number of nitrogens with zero attached hydrogens (tertiary/aromatic N) is 2. The van der Waals surface area contributed by atoms with Crippen LogP contribution in [-0.2, 0) is 0 Å². The molecular weight excluding hydrogens is 224 g/mol. The Morgan fingerprint density at radius 1 is 1.28 bits per heavy atom. The SMILES string of the molecule is CN(C)CCCNc1ccnc2cc(N)ccc12. The summed E-state index contributed by atoms with van der Waals surface area (Å²) in [6.07, 6.45) is 2.93. The number of hydrogen-bond donors (Lipinski definition) is 2. The molecule has 1 aromatic carbocycles. The molecule has 96 valence electrons. The molecule has 18 heavy (non-hydrogen) atoms.